The molecule has 20 heavy (non-hydrogen) atoms. The van der Waals surface area contributed by atoms with Gasteiger partial charge in [-0.2, -0.15) is 0 Å². The molecule has 0 radical (unpaired) electrons. The van der Waals surface area contributed by atoms with Crippen LogP contribution in [0.15, 0.2) is 30.5 Å². The molecule has 0 aliphatic heterocycles. The highest BCUT2D eigenvalue weighted by atomic mass is 19.1. The van der Waals surface area contributed by atoms with Gasteiger partial charge < -0.3 is 10.5 Å². The van der Waals surface area contributed by atoms with Crippen molar-refractivity contribution in [3.05, 3.63) is 53.0 Å². The highest BCUT2D eigenvalue weighted by Crippen LogP contribution is 2.32. The van der Waals surface area contributed by atoms with Crippen LogP contribution in [-0.4, -0.2) is 4.98 Å². The van der Waals surface area contributed by atoms with E-state index in [4.69, 9.17) is 10.5 Å². The van der Waals surface area contributed by atoms with Crippen molar-refractivity contribution in [3.63, 3.8) is 0 Å². The van der Waals surface area contributed by atoms with E-state index in [1.54, 1.807) is 0 Å². The van der Waals surface area contributed by atoms with Crippen molar-refractivity contribution < 1.29 is 9.13 Å². The van der Waals surface area contributed by atoms with Crippen LogP contribution in [-0.2, 0) is 6.54 Å². The number of hydrogen-bond donors (Lipinski definition) is 1. The van der Waals surface area contributed by atoms with Crippen LogP contribution in [0.2, 0.25) is 0 Å². The van der Waals surface area contributed by atoms with E-state index in [-0.39, 0.29) is 6.54 Å². The fourth-order valence-corrected chi connectivity index (χ4v) is 2.02. The van der Waals surface area contributed by atoms with Crippen LogP contribution in [0.3, 0.4) is 0 Å². The average molecular weight is 274 g/mol. The predicted octanol–water partition coefficient (Wildman–Crippen LogP) is 3.90. The monoisotopic (exact) mass is 274 g/mol. The predicted molar refractivity (Wildman–Crippen MR) is 77.4 cm³/mol. The van der Waals surface area contributed by atoms with E-state index < -0.39 is 5.82 Å². The number of aromatic nitrogens is 1. The standard InChI is InChI=1S/C16H19FN2O/c1-10(2)14-5-4-11(3)6-15(14)20-16-12(8-18)7-13(17)9-19-16/h4-7,9-10H,8,18H2,1-3H3. The van der Waals surface area contributed by atoms with Crippen LogP contribution in [0, 0.1) is 12.7 Å². The number of ether oxygens (including phenoxy) is 1. The fourth-order valence-electron chi connectivity index (χ4n) is 2.02. The molecule has 2 aromatic rings. The first kappa shape index (κ1) is 14.5. The van der Waals surface area contributed by atoms with Gasteiger partial charge in [0.2, 0.25) is 5.88 Å². The summed E-state index contributed by atoms with van der Waals surface area (Å²) in [6.45, 7) is 6.38. The van der Waals surface area contributed by atoms with Gasteiger partial charge in [-0.3, -0.25) is 0 Å². The topological polar surface area (TPSA) is 48.1 Å². The van der Waals surface area contributed by atoms with Gasteiger partial charge in [0.15, 0.2) is 0 Å². The van der Waals surface area contributed by atoms with E-state index in [0.717, 1.165) is 23.1 Å². The maximum atomic E-state index is 13.2. The minimum atomic E-state index is -0.411. The number of nitrogens with zero attached hydrogens (tertiary/aromatic N) is 1. The minimum absolute atomic E-state index is 0.183. The molecule has 0 fully saturated rings. The Kier molecular flexibility index (Phi) is 4.35. The van der Waals surface area contributed by atoms with Crippen LogP contribution in [0.1, 0.15) is 36.5 Å². The maximum Gasteiger partial charge on any atom is 0.223 e. The quantitative estimate of drug-likeness (QED) is 0.919. The summed E-state index contributed by atoms with van der Waals surface area (Å²) in [5.74, 6) is 1.02. The van der Waals surface area contributed by atoms with E-state index in [2.05, 4.69) is 18.8 Å². The van der Waals surface area contributed by atoms with E-state index in [0.29, 0.717) is 17.4 Å². The molecule has 3 nitrogen and oxygen atoms in total. The molecule has 4 heteroatoms. The second-order valence-corrected chi connectivity index (χ2v) is 5.12. The highest BCUT2D eigenvalue weighted by molar-refractivity contribution is 5.42. The molecular weight excluding hydrogens is 255 g/mol. The van der Waals surface area contributed by atoms with Crippen molar-refractivity contribution in [2.45, 2.75) is 33.2 Å². The molecule has 0 saturated carbocycles. The van der Waals surface area contributed by atoms with Gasteiger partial charge in [0.05, 0.1) is 6.20 Å². The summed E-state index contributed by atoms with van der Waals surface area (Å²) < 4.78 is 19.0. The van der Waals surface area contributed by atoms with Crippen LogP contribution in [0.4, 0.5) is 4.39 Å². The SMILES string of the molecule is Cc1ccc(C(C)C)c(Oc2ncc(F)cc2CN)c1. The van der Waals surface area contributed by atoms with Crippen molar-refractivity contribution in [3.8, 4) is 11.6 Å². The molecule has 0 aliphatic carbocycles. The molecule has 2 rings (SSSR count). The zero-order valence-electron chi connectivity index (χ0n) is 12.0. The van der Waals surface area contributed by atoms with Crippen molar-refractivity contribution in [2.24, 2.45) is 5.73 Å². The molecule has 0 amide bonds. The van der Waals surface area contributed by atoms with Gasteiger partial charge in [-0.05, 0) is 36.1 Å². The largest absolute Gasteiger partial charge is 0.438 e. The van der Waals surface area contributed by atoms with Crippen molar-refractivity contribution in [1.29, 1.82) is 0 Å². The summed E-state index contributed by atoms with van der Waals surface area (Å²) in [5.41, 5.74) is 8.36. The number of hydrogen-bond acceptors (Lipinski definition) is 3. The minimum Gasteiger partial charge on any atom is -0.438 e. The first-order valence-corrected chi connectivity index (χ1v) is 6.64. The third-order valence-corrected chi connectivity index (χ3v) is 3.11. The van der Waals surface area contributed by atoms with Gasteiger partial charge >= 0.3 is 0 Å². The second-order valence-electron chi connectivity index (χ2n) is 5.12. The number of aryl methyl sites for hydroxylation is 1. The second kappa shape index (κ2) is 6.01. The molecule has 2 N–H and O–H groups in total. The smallest absolute Gasteiger partial charge is 0.223 e. The van der Waals surface area contributed by atoms with Gasteiger partial charge in [-0.15, -0.1) is 0 Å². The third kappa shape index (κ3) is 3.14. The van der Waals surface area contributed by atoms with Crippen LogP contribution in [0.25, 0.3) is 0 Å². The van der Waals surface area contributed by atoms with Crippen molar-refractivity contribution in [2.75, 3.05) is 0 Å². The molecule has 1 aromatic carbocycles. The lowest BCUT2D eigenvalue weighted by Crippen LogP contribution is -2.03. The zero-order chi connectivity index (χ0) is 14.7. The lowest BCUT2D eigenvalue weighted by Gasteiger charge is -2.15. The van der Waals surface area contributed by atoms with Crippen molar-refractivity contribution in [1.82, 2.24) is 4.98 Å². The summed E-state index contributed by atoms with van der Waals surface area (Å²) in [4.78, 5) is 4.00. The first-order chi connectivity index (χ1) is 9.51. The summed E-state index contributed by atoms with van der Waals surface area (Å²) >= 11 is 0. The van der Waals surface area contributed by atoms with Gasteiger partial charge in [0, 0.05) is 12.1 Å². The summed E-state index contributed by atoms with van der Waals surface area (Å²) in [6, 6.07) is 7.40. The van der Waals surface area contributed by atoms with Gasteiger partial charge in [-0.1, -0.05) is 26.0 Å². The van der Waals surface area contributed by atoms with E-state index in [9.17, 15) is 4.39 Å². The molecule has 1 heterocycles. The summed E-state index contributed by atoms with van der Waals surface area (Å²) in [7, 11) is 0. The van der Waals surface area contributed by atoms with E-state index >= 15 is 0 Å². The number of pyridine rings is 1. The van der Waals surface area contributed by atoms with Crippen LogP contribution >= 0.6 is 0 Å². The average Bonchev–Trinajstić information content (AvgIpc) is 2.40. The highest BCUT2D eigenvalue weighted by Gasteiger charge is 2.12. The van der Waals surface area contributed by atoms with Crippen LogP contribution in [0.5, 0.6) is 11.6 Å². The number of rotatable bonds is 4. The van der Waals surface area contributed by atoms with Gasteiger partial charge in [0.25, 0.3) is 0 Å². The van der Waals surface area contributed by atoms with Gasteiger partial charge in [0.1, 0.15) is 11.6 Å². The first-order valence-electron chi connectivity index (χ1n) is 6.64. The molecule has 0 spiro atoms. The van der Waals surface area contributed by atoms with Crippen molar-refractivity contribution >= 4 is 0 Å². The zero-order valence-corrected chi connectivity index (χ0v) is 12.0. The Morgan fingerprint density at radius 1 is 1.30 bits per heavy atom. The Bertz CT molecular complexity index is 611. The lowest BCUT2D eigenvalue weighted by molar-refractivity contribution is 0.444. The molecular formula is C16H19FN2O. The Morgan fingerprint density at radius 2 is 2.05 bits per heavy atom. The van der Waals surface area contributed by atoms with Crippen LogP contribution < -0.4 is 10.5 Å². The molecule has 0 bridgehead atoms. The Labute approximate surface area is 118 Å². The Balaban J connectivity index is 2.41. The lowest BCUT2D eigenvalue weighted by atomic mass is 10.0. The molecule has 0 saturated heterocycles. The fraction of sp³-hybridized carbons (Fsp3) is 0.312. The van der Waals surface area contributed by atoms with E-state index in [1.807, 2.05) is 25.1 Å². The maximum absolute atomic E-state index is 13.2. The number of benzene rings is 1. The summed E-state index contributed by atoms with van der Waals surface area (Å²) in [5, 5.41) is 0. The number of nitrogens with two attached hydrogens (primary N) is 1. The third-order valence-electron chi connectivity index (χ3n) is 3.11. The normalized spacial score (nSPS) is 10.9. The molecule has 0 unspecified atom stereocenters. The summed E-state index contributed by atoms with van der Waals surface area (Å²) in [6.07, 6.45) is 1.14. The molecule has 0 atom stereocenters. The van der Waals surface area contributed by atoms with E-state index in [1.165, 1.54) is 6.07 Å². The Morgan fingerprint density at radius 3 is 2.70 bits per heavy atom. The molecule has 1 aromatic heterocycles. The Hall–Kier alpha value is -1.94. The van der Waals surface area contributed by atoms with Gasteiger partial charge in [-0.25, -0.2) is 9.37 Å². The molecule has 0 aliphatic rings. The number of halogens is 1. The molecule has 106 valence electrons.